The van der Waals surface area contributed by atoms with Crippen LogP contribution in [0.15, 0.2) is 0 Å². The minimum atomic E-state index is 0.874. The molecule has 1 aliphatic rings. The van der Waals surface area contributed by atoms with E-state index in [-0.39, 0.29) is 0 Å². The van der Waals surface area contributed by atoms with Crippen molar-refractivity contribution in [1.82, 2.24) is 0 Å². The molecular formula is C17H34. The van der Waals surface area contributed by atoms with Gasteiger partial charge in [-0.15, -0.1) is 0 Å². The maximum atomic E-state index is 2.50. The van der Waals surface area contributed by atoms with Crippen molar-refractivity contribution in [3.05, 3.63) is 0 Å². The molecule has 1 saturated carbocycles. The third-order valence-corrected chi connectivity index (χ3v) is 4.82. The predicted octanol–water partition coefficient (Wildman–Crippen LogP) is 5.77. The molecule has 4 unspecified atom stereocenters. The Morgan fingerprint density at radius 3 is 2.12 bits per heavy atom. The van der Waals surface area contributed by atoms with E-state index >= 15 is 0 Å². The van der Waals surface area contributed by atoms with E-state index in [1.54, 1.807) is 0 Å². The molecule has 1 fully saturated rings. The van der Waals surface area contributed by atoms with Crippen molar-refractivity contribution in [2.24, 2.45) is 35.5 Å². The van der Waals surface area contributed by atoms with E-state index < -0.39 is 0 Å². The average Bonchev–Trinajstić information content (AvgIpc) is 2.55. The van der Waals surface area contributed by atoms with E-state index in [2.05, 4.69) is 41.5 Å². The number of rotatable bonds is 6. The summed E-state index contributed by atoms with van der Waals surface area (Å²) in [5, 5.41) is 0. The Hall–Kier alpha value is 0. The van der Waals surface area contributed by atoms with Crippen LogP contribution in [0.25, 0.3) is 0 Å². The van der Waals surface area contributed by atoms with Gasteiger partial charge in [-0.05, 0) is 61.2 Å². The van der Waals surface area contributed by atoms with Gasteiger partial charge in [-0.1, -0.05) is 48.0 Å². The number of hydrogen-bond donors (Lipinski definition) is 0. The highest BCUT2D eigenvalue weighted by Crippen LogP contribution is 2.45. The third-order valence-electron chi connectivity index (χ3n) is 4.82. The summed E-state index contributed by atoms with van der Waals surface area (Å²) in [6, 6.07) is 0. The van der Waals surface area contributed by atoms with Crippen LogP contribution in [0.2, 0.25) is 0 Å². The van der Waals surface area contributed by atoms with Gasteiger partial charge in [0.05, 0.1) is 0 Å². The fraction of sp³-hybridized carbons (Fsp3) is 1.00. The molecule has 0 heterocycles. The Kier molecular flexibility index (Phi) is 6.03. The lowest BCUT2D eigenvalue weighted by Crippen LogP contribution is -2.14. The van der Waals surface area contributed by atoms with Crippen LogP contribution in [0.5, 0.6) is 0 Å². The van der Waals surface area contributed by atoms with E-state index in [0.717, 1.165) is 35.5 Å². The summed E-state index contributed by atoms with van der Waals surface area (Å²) >= 11 is 0. The summed E-state index contributed by atoms with van der Waals surface area (Å²) in [7, 11) is 0. The zero-order valence-corrected chi connectivity index (χ0v) is 13.0. The van der Waals surface area contributed by atoms with E-state index in [1.807, 2.05) is 0 Å². The van der Waals surface area contributed by atoms with E-state index in [0.29, 0.717) is 0 Å². The molecule has 0 aromatic heterocycles. The summed E-state index contributed by atoms with van der Waals surface area (Å²) in [6.07, 6.45) is 7.31. The van der Waals surface area contributed by atoms with Crippen LogP contribution in [0.4, 0.5) is 0 Å². The minimum absolute atomic E-state index is 0.874. The first kappa shape index (κ1) is 15.1. The number of hydrogen-bond acceptors (Lipinski definition) is 0. The fourth-order valence-electron chi connectivity index (χ4n) is 4.00. The maximum Gasteiger partial charge on any atom is -0.0380 e. The van der Waals surface area contributed by atoms with Gasteiger partial charge in [-0.2, -0.15) is 0 Å². The molecule has 102 valence electrons. The highest BCUT2D eigenvalue weighted by Gasteiger charge is 2.35. The van der Waals surface area contributed by atoms with Gasteiger partial charge in [0, 0.05) is 0 Å². The molecule has 0 aromatic rings. The molecule has 0 aliphatic heterocycles. The van der Waals surface area contributed by atoms with Gasteiger partial charge in [-0.25, -0.2) is 0 Å². The predicted molar refractivity (Wildman–Crippen MR) is 78.1 cm³/mol. The lowest BCUT2D eigenvalue weighted by atomic mass is 9.81. The first-order valence-electron chi connectivity index (χ1n) is 7.93. The van der Waals surface area contributed by atoms with E-state index in [9.17, 15) is 0 Å². The van der Waals surface area contributed by atoms with Crippen molar-refractivity contribution in [2.75, 3.05) is 0 Å². The lowest BCUT2D eigenvalue weighted by molar-refractivity contribution is 0.265. The van der Waals surface area contributed by atoms with Gasteiger partial charge < -0.3 is 0 Å². The molecule has 0 nitrogen and oxygen atoms in total. The molecule has 0 spiro atoms. The highest BCUT2D eigenvalue weighted by atomic mass is 14.4. The van der Waals surface area contributed by atoms with Crippen LogP contribution in [0.3, 0.4) is 0 Å². The third kappa shape index (κ3) is 4.64. The van der Waals surface area contributed by atoms with Crippen LogP contribution in [-0.2, 0) is 0 Å². The Labute approximate surface area is 110 Å². The zero-order chi connectivity index (χ0) is 13.0. The van der Waals surface area contributed by atoms with Crippen LogP contribution in [0.1, 0.15) is 73.6 Å². The second-order valence-corrected chi connectivity index (χ2v) is 7.40. The van der Waals surface area contributed by atoms with E-state index in [1.165, 1.54) is 32.1 Å². The van der Waals surface area contributed by atoms with Crippen molar-refractivity contribution in [3.8, 4) is 0 Å². The molecular weight excluding hydrogens is 204 g/mol. The highest BCUT2D eigenvalue weighted by molar-refractivity contribution is 4.85. The van der Waals surface area contributed by atoms with Gasteiger partial charge >= 0.3 is 0 Å². The summed E-state index contributed by atoms with van der Waals surface area (Å²) in [5.41, 5.74) is 0. The molecule has 0 bridgehead atoms. The molecule has 0 N–H and O–H groups in total. The minimum Gasteiger partial charge on any atom is -0.0651 e. The van der Waals surface area contributed by atoms with Crippen molar-refractivity contribution in [2.45, 2.75) is 73.6 Å². The molecule has 1 aliphatic carbocycles. The Morgan fingerprint density at radius 1 is 1.00 bits per heavy atom. The normalized spacial score (nSPS) is 31.4. The van der Waals surface area contributed by atoms with Gasteiger partial charge in [0.2, 0.25) is 0 Å². The quantitative estimate of drug-likeness (QED) is 0.551. The zero-order valence-electron chi connectivity index (χ0n) is 13.0. The average molecular weight is 238 g/mol. The van der Waals surface area contributed by atoms with Crippen LogP contribution in [0, 0.1) is 35.5 Å². The monoisotopic (exact) mass is 238 g/mol. The van der Waals surface area contributed by atoms with Crippen LogP contribution in [-0.4, -0.2) is 0 Å². The van der Waals surface area contributed by atoms with Crippen molar-refractivity contribution in [1.29, 1.82) is 0 Å². The Morgan fingerprint density at radius 2 is 1.65 bits per heavy atom. The summed E-state index contributed by atoms with van der Waals surface area (Å²) < 4.78 is 0. The summed E-state index contributed by atoms with van der Waals surface area (Å²) in [4.78, 5) is 0. The molecule has 0 heteroatoms. The smallest absolute Gasteiger partial charge is 0.0380 e. The molecule has 0 aromatic carbocycles. The Bertz CT molecular complexity index is 204. The van der Waals surface area contributed by atoms with E-state index in [4.69, 9.17) is 0 Å². The molecule has 0 radical (unpaired) electrons. The maximum absolute atomic E-state index is 2.50. The molecule has 17 heavy (non-hydrogen) atoms. The Balaban J connectivity index is 2.50. The van der Waals surface area contributed by atoms with Gasteiger partial charge in [0.15, 0.2) is 0 Å². The topological polar surface area (TPSA) is 0 Å². The first-order valence-corrected chi connectivity index (χ1v) is 7.93. The lowest BCUT2D eigenvalue weighted by Gasteiger charge is -2.24. The summed E-state index contributed by atoms with van der Waals surface area (Å²) in [5.74, 6) is 5.77. The van der Waals surface area contributed by atoms with Crippen LogP contribution < -0.4 is 0 Å². The second kappa shape index (κ2) is 6.81. The van der Waals surface area contributed by atoms with Gasteiger partial charge in [0.1, 0.15) is 0 Å². The van der Waals surface area contributed by atoms with Crippen LogP contribution >= 0.6 is 0 Å². The summed E-state index contributed by atoms with van der Waals surface area (Å²) in [6.45, 7) is 14.4. The molecule has 0 amide bonds. The van der Waals surface area contributed by atoms with Gasteiger partial charge in [0.25, 0.3) is 0 Å². The molecule has 0 saturated heterocycles. The standard InChI is InChI=1S/C17H34/c1-7-15(8-12(2)3)17-10-14(6)16(11-17)9-13(4)5/h12-17H,7-11H2,1-6H3. The SMILES string of the molecule is CCC(CC(C)C)C1CC(C)C(CC(C)C)C1. The fourth-order valence-corrected chi connectivity index (χ4v) is 4.00. The van der Waals surface area contributed by atoms with Gasteiger partial charge in [-0.3, -0.25) is 0 Å². The largest absolute Gasteiger partial charge is 0.0651 e. The van der Waals surface area contributed by atoms with Crippen molar-refractivity contribution in [3.63, 3.8) is 0 Å². The van der Waals surface area contributed by atoms with Crippen molar-refractivity contribution >= 4 is 0 Å². The first-order chi connectivity index (χ1) is 7.93. The molecule has 1 rings (SSSR count). The van der Waals surface area contributed by atoms with Crippen molar-refractivity contribution < 1.29 is 0 Å². The molecule has 4 atom stereocenters. The second-order valence-electron chi connectivity index (χ2n) is 7.40.